The van der Waals surface area contributed by atoms with Gasteiger partial charge >= 0.3 is 0 Å². The van der Waals surface area contributed by atoms with Crippen molar-refractivity contribution in [2.24, 2.45) is 5.41 Å². The fourth-order valence-corrected chi connectivity index (χ4v) is 4.21. The summed E-state index contributed by atoms with van der Waals surface area (Å²) in [5.74, 6) is 0.918. The van der Waals surface area contributed by atoms with E-state index >= 15 is 0 Å². The molecule has 0 saturated heterocycles. The van der Waals surface area contributed by atoms with Crippen LogP contribution in [0.5, 0.6) is 5.75 Å². The first-order valence-electron chi connectivity index (χ1n) is 7.27. The molecule has 104 valence electrons. The second kappa shape index (κ2) is 5.54. The monoisotopic (exact) mass is 298 g/mol. The predicted molar refractivity (Wildman–Crippen MR) is 80.3 cm³/mol. The standard InChI is InChI=1S/C16H20Cl2O/c17-12-5-7-13(8-6-12)19-15-11-14(18)16(15)9-3-1-2-4-10-16/h5-8,14-15H,1-4,9-11H2. The van der Waals surface area contributed by atoms with E-state index in [-0.39, 0.29) is 11.5 Å². The number of hydrogen-bond donors (Lipinski definition) is 0. The SMILES string of the molecule is Clc1ccc(OC2CC(Cl)C23CCCCCC3)cc1. The Morgan fingerprint density at radius 2 is 1.63 bits per heavy atom. The molecule has 0 aromatic heterocycles. The minimum atomic E-state index is 0.220. The third kappa shape index (κ3) is 2.60. The molecule has 0 bridgehead atoms. The van der Waals surface area contributed by atoms with Crippen LogP contribution in [0.15, 0.2) is 24.3 Å². The summed E-state index contributed by atoms with van der Waals surface area (Å²) in [7, 11) is 0. The van der Waals surface area contributed by atoms with E-state index < -0.39 is 0 Å². The zero-order valence-electron chi connectivity index (χ0n) is 11.1. The third-order valence-corrected chi connectivity index (χ3v) is 5.68. The van der Waals surface area contributed by atoms with E-state index in [0.29, 0.717) is 5.38 Å². The lowest BCUT2D eigenvalue weighted by atomic mass is 9.61. The Labute approximate surface area is 125 Å². The molecule has 1 nitrogen and oxygen atoms in total. The molecule has 3 heteroatoms. The molecule has 2 saturated carbocycles. The van der Waals surface area contributed by atoms with E-state index in [1.807, 2.05) is 24.3 Å². The molecule has 0 amide bonds. The van der Waals surface area contributed by atoms with Crippen LogP contribution in [0.25, 0.3) is 0 Å². The first-order valence-corrected chi connectivity index (χ1v) is 8.08. The van der Waals surface area contributed by atoms with Gasteiger partial charge in [0.15, 0.2) is 0 Å². The molecule has 1 aromatic rings. The first-order chi connectivity index (χ1) is 9.21. The molecule has 0 N–H and O–H groups in total. The van der Waals surface area contributed by atoms with Crippen LogP contribution in [0.3, 0.4) is 0 Å². The van der Waals surface area contributed by atoms with Gasteiger partial charge in [-0.1, -0.05) is 37.3 Å². The Kier molecular flexibility index (Phi) is 3.96. The average molecular weight is 299 g/mol. The highest BCUT2D eigenvalue weighted by Crippen LogP contribution is 2.54. The molecule has 2 aliphatic carbocycles. The summed E-state index contributed by atoms with van der Waals surface area (Å²) in [5.41, 5.74) is 0.220. The van der Waals surface area contributed by atoms with Crippen molar-refractivity contribution in [3.63, 3.8) is 0 Å². The normalized spacial score (nSPS) is 29.6. The van der Waals surface area contributed by atoms with Crippen LogP contribution in [0.2, 0.25) is 5.02 Å². The largest absolute Gasteiger partial charge is 0.490 e. The van der Waals surface area contributed by atoms with Crippen LogP contribution >= 0.6 is 23.2 Å². The highest BCUT2D eigenvalue weighted by atomic mass is 35.5. The number of hydrogen-bond acceptors (Lipinski definition) is 1. The molecule has 2 atom stereocenters. The zero-order chi connectivity index (χ0) is 13.3. The molecule has 19 heavy (non-hydrogen) atoms. The van der Waals surface area contributed by atoms with Crippen molar-refractivity contribution < 1.29 is 4.74 Å². The molecule has 1 spiro atoms. The van der Waals surface area contributed by atoms with E-state index in [1.165, 1.54) is 38.5 Å². The Balaban J connectivity index is 1.72. The molecule has 0 radical (unpaired) electrons. The average Bonchev–Trinajstić information content (AvgIpc) is 2.68. The molecule has 0 heterocycles. The van der Waals surface area contributed by atoms with Crippen molar-refractivity contribution in [2.75, 3.05) is 0 Å². The molecular formula is C16H20Cl2O. The van der Waals surface area contributed by atoms with Crippen molar-refractivity contribution in [3.8, 4) is 5.75 Å². The number of rotatable bonds is 2. The smallest absolute Gasteiger partial charge is 0.119 e. The molecule has 2 fully saturated rings. The molecule has 0 aliphatic heterocycles. The summed E-state index contributed by atoms with van der Waals surface area (Å²) in [5, 5.41) is 1.04. The second-order valence-electron chi connectivity index (χ2n) is 5.91. The minimum absolute atomic E-state index is 0.220. The van der Waals surface area contributed by atoms with E-state index in [9.17, 15) is 0 Å². The molecule has 2 aliphatic rings. The van der Waals surface area contributed by atoms with Crippen LogP contribution in [-0.4, -0.2) is 11.5 Å². The molecule has 2 unspecified atom stereocenters. The molecule has 1 aromatic carbocycles. The fourth-order valence-electron chi connectivity index (χ4n) is 3.56. The van der Waals surface area contributed by atoms with Gasteiger partial charge in [-0.3, -0.25) is 0 Å². The highest BCUT2D eigenvalue weighted by molar-refractivity contribution is 6.30. The topological polar surface area (TPSA) is 9.23 Å². The van der Waals surface area contributed by atoms with Crippen LogP contribution in [0, 0.1) is 5.41 Å². The van der Waals surface area contributed by atoms with Crippen molar-refractivity contribution in [3.05, 3.63) is 29.3 Å². The van der Waals surface area contributed by atoms with Crippen molar-refractivity contribution >= 4 is 23.2 Å². The fraction of sp³-hybridized carbons (Fsp3) is 0.625. The van der Waals surface area contributed by atoms with Crippen LogP contribution < -0.4 is 4.74 Å². The van der Waals surface area contributed by atoms with E-state index in [2.05, 4.69) is 0 Å². The lowest BCUT2D eigenvalue weighted by molar-refractivity contribution is -0.0512. The Bertz CT molecular complexity index is 421. The van der Waals surface area contributed by atoms with E-state index in [0.717, 1.165) is 17.2 Å². The van der Waals surface area contributed by atoms with Gasteiger partial charge in [0.05, 0.1) is 0 Å². The highest BCUT2D eigenvalue weighted by Gasteiger charge is 2.55. The second-order valence-corrected chi connectivity index (χ2v) is 6.87. The van der Waals surface area contributed by atoms with E-state index in [4.69, 9.17) is 27.9 Å². The third-order valence-electron chi connectivity index (χ3n) is 4.81. The Morgan fingerprint density at radius 1 is 1.00 bits per heavy atom. The predicted octanol–water partition coefficient (Wildman–Crippen LogP) is 5.44. The molecule has 3 rings (SSSR count). The first kappa shape index (κ1) is 13.6. The quantitative estimate of drug-likeness (QED) is 0.661. The lowest BCUT2D eigenvalue weighted by Gasteiger charge is -2.53. The van der Waals surface area contributed by atoms with Gasteiger partial charge in [-0.2, -0.15) is 0 Å². The maximum Gasteiger partial charge on any atom is 0.119 e. The van der Waals surface area contributed by atoms with Gasteiger partial charge in [-0.05, 0) is 37.1 Å². The van der Waals surface area contributed by atoms with Gasteiger partial charge in [0.2, 0.25) is 0 Å². The lowest BCUT2D eigenvalue weighted by Crippen LogP contribution is -2.57. The van der Waals surface area contributed by atoms with E-state index in [1.54, 1.807) is 0 Å². The van der Waals surface area contributed by atoms with Gasteiger partial charge in [0.25, 0.3) is 0 Å². The van der Waals surface area contributed by atoms with Gasteiger partial charge < -0.3 is 4.74 Å². The van der Waals surface area contributed by atoms with Crippen molar-refractivity contribution in [1.29, 1.82) is 0 Å². The maximum atomic E-state index is 6.54. The van der Waals surface area contributed by atoms with Gasteiger partial charge in [0, 0.05) is 22.2 Å². The summed E-state index contributed by atoms with van der Waals surface area (Å²) < 4.78 is 6.18. The van der Waals surface area contributed by atoms with Gasteiger partial charge in [0.1, 0.15) is 11.9 Å². The van der Waals surface area contributed by atoms with Crippen LogP contribution in [0.4, 0.5) is 0 Å². The number of halogens is 2. The summed E-state index contributed by atoms with van der Waals surface area (Å²) in [6.07, 6.45) is 8.99. The number of alkyl halides is 1. The summed E-state index contributed by atoms with van der Waals surface area (Å²) in [6.45, 7) is 0. The minimum Gasteiger partial charge on any atom is -0.490 e. The van der Waals surface area contributed by atoms with Crippen LogP contribution in [0.1, 0.15) is 44.9 Å². The van der Waals surface area contributed by atoms with Gasteiger partial charge in [-0.15, -0.1) is 11.6 Å². The zero-order valence-corrected chi connectivity index (χ0v) is 12.6. The summed E-state index contributed by atoms with van der Waals surface area (Å²) >= 11 is 12.4. The molecular weight excluding hydrogens is 279 g/mol. The maximum absolute atomic E-state index is 6.54. The van der Waals surface area contributed by atoms with Crippen LogP contribution in [-0.2, 0) is 0 Å². The van der Waals surface area contributed by atoms with Crippen molar-refractivity contribution in [1.82, 2.24) is 0 Å². The Hall–Kier alpha value is -0.400. The number of benzene rings is 1. The van der Waals surface area contributed by atoms with Gasteiger partial charge in [-0.25, -0.2) is 0 Å². The van der Waals surface area contributed by atoms with Crippen molar-refractivity contribution in [2.45, 2.75) is 56.4 Å². The Morgan fingerprint density at radius 3 is 2.21 bits per heavy atom. The number of ether oxygens (including phenoxy) is 1. The summed E-state index contributed by atoms with van der Waals surface area (Å²) in [4.78, 5) is 0. The summed E-state index contributed by atoms with van der Waals surface area (Å²) in [6, 6.07) is 7.67.